The molecule has 0 aromatic heterocycles. The predicted octanol–water partition coefficient (Wildman–Crippen LogP) is 3.42. The first-order valence-corrected chi connectivity index (χ1v) is 8.57. The van der Waals surface area contributed by atoms with E-state index in [1.807, 2.05) is 13.0 Å². The summed E-state index contributed by atoms with van der Waals surface area (Å²) in [6.07, 6.45) is 5.38. The Hall–Kier alpha value is -0.770. The zero-order chi connectivity index (χ0) is 14.8. The van der Waals surface area contributed by atoms with Gasteiger partial charge in [0.15, 0.2) is 0 Å². The average Bonchev–Trinajstić information content (AvgIpc) is 2.97. The molecule has 0 amide bonds. The van der Waals surface area contributed by atoms with Crippen molar-refractivity contribution >= 4 is 17.3 Å². The van der Waals surface area contributed by atoms with Gasteiger partial charge < -0.3 is 10.6 Å². The number of piperidine rings is 1. The van der Waals surface area contributed by atoms with Gasteiger partial charge in [-0.15, -0.1) is 0 Å². The summed E-state index contributed by atoms with van der Waals surface area (Å²) in [7, 11) is 0. The van der Waals surface area contributed by atoms with E-state index in [2.05, 4.69) is 21.9 Å². The highest BCUT2D eigenvalue weighted by molar-refractivity contribution is 6.33. The Labute approximate surface area is 133 Å². The minimum absolute atomic E-state index is 0.0382. The maximum Gasteiger partial charge on any atom is 0.0642 e. The zero-order valence-electron chi connectivity index (χ0n) is 12.9. The molecule has 4 heteroatoms. The number of nitrogens with two attached hydrogens (primary N) is 1. The van der Waals surface area contributed by atoms with Crippen LogP contribution in [0.3, 0.4) is 0 Å². The van der Waals surface area contributed by atoms with Gasteiger partial charge in [-0.25, -0.2) is 0 Å². The first-order chi connectivity index (χ1) is 10.1. The standard InChI is InChI=1S/C17H26ClN3/c1-13(19)14-5-6-17(16(18)11-14)21-10-7-15(12-21)20-8-3-2-4-9-20/h5-6,11,13,15H,2-4,7-10,12,19H2,1H3/t13-,15?/m1/s1. The SMILES string of the molecule is C[C@@H](N)c1ccc(N2CCC(N3CCCCC3)C2)c(Cl)c1. The van der Waals surface area contributed by atoms with Crippen molar-refractivity contribution in [3.8, 4) is 0 Å². The number of halogens is 1. The van der Waals surface area contributed by atoms with E-state index >= 15 is 0 Å². The first-order valence-electron chi connectivity index (χ1n) is 8.19. The van der Waals surface area contributed by atoms with Gasteiger partial charge in [0.25, 0.3) is 0 Å². The average molecular weight is 308 g/mol. The van der Waals surface area contributed by atoms with E-state index in [4.69, 9.17) is 17.3 Å². The van der Waals surface area contributed by atoms with Gasteiger partial charge in [0, 0.05) is 25.2 Å². The fourth-order valence-corrected chi connectivity index (χ4v) is 3.91. The summed E-state index contributed by atoms with van der Waals surface area (Å²) in [5.41, 5.74) is 8.20. The zero-order valence-corrected chi connectivity index (χ0v) is 13.6. The van der Waals surface area contributed by atoms with E-state index in [0.29, 0.717) is 6.04 Å². The normalized spacial score (nSPS) is 25.3. The molecular weight excluding hydrogens is 282 g/mol. The van der Waals surface area contributed by atoms with E-state index in [1.54, 1.807) is 0 Å². The molecule has 2 heterocycles. The van der Waals surface area contributed by atoms with E-state index in [1.165, 1.54) is 44.5 Å². The molecule has 2 N–H and O–H groups in total. The number of rotatable bonds is 3. The van der Waals surface area contributed by atoms with Crippen LogP contribution in [0.5, 0.6) is 0 Å². The van der Waals surface area contributed by atoms with Crippen molar-refractivity contribution in [3.05, 3.63) is 28.8 Å². The Morgan fingerprint density at radius 1 is 1.19 bits per heavy atom. The smallest absolute Gasteiger partial charge is 0.0642 e. The van der Waals surface area contributed by atoms with Crippen molar-refractivity contribution < 1.29 is 0 Å². The Morgan fingerprint density at radius 2 is 1.95 bits per heavy atom. The summed E-state index contributed by atoms with van der Waals surface area (Å²) >= 11 is 6.48. The summed E-state index contributed by atoms with van der Waals surface area (Å²) in [5.74, 6) is 0. The van der Waals surface area contributed by atoms with Crippen LogP contribution in [0.4, 0.5) is 5.69 Å². The summed E-state index contributed by atoms with van der Waals surface area (Å²) in [5, 5.41) is 0.837. The lowest BCUT2D eigenvalue weighted by atomic mass is 10.1. The minimum atomic E-state index is 0.0382. The monoisotopic (exact) mass is 307 g/mol. The van der Waals surface area contributed by atoms with Crippen LogP contribution >= 0.6 is 11.6 Å². The lowest BCUT2D eigenvalue weighted by Crippen LogP contribution is -2.40. The third-order valence-corrected chi connectivity index (χ3v) is 5.21. The summed E-state index contributed by atoms with van der Waals surface area (Å²) in [6.45, 7) is 6.76. The molecule has 1 unspecified atom stereocenters. The molecule has 3 nitrogen and oxygen atoms in total. The Morgan fingerprint density at radius 3 is 2.62 bits per heavy atom. The van der Waals surface area contributed by atoms with Crippen molar-refractivity contribution in [3.63, 3.8) is 0 Å². The lowest BCUT2D eigenvalue weighted by Gasteiger charge is -2.32. The molecule has 1 aromatic rings. The van der Waals surface area contributed by atoms with E-state index in [0.717, 1.165) is 23.7 Å². The van der Waals surface area contributed by atoms with E-state index < -0.39 is 0 Å². The van der Waals surface area contributed by atoms with Crippen molar-refractivity contribution in [2.24, 2.45) is 5.73 Å². The minimum Gasteiger partial charge on any atom is -0.369 e. The molecule has 1 aromatic carbocycles. The Balaban J connectivity index is 1.68. The molecule has 3 rings (SSSR count). The highest BCUT2D eigenvalue weighted by Gasteiger charge is 2.29. The molecule has 2 aliphatic heterocycles. The van der Waals surface area contributed by atoms with Crippen molar-refractivity contribution in [2.75, 3.05) is 31.1 Å². The van der Waals surface area contributed by atoms with E-state index in [9.17, 15) is 0 Å². The van der Waals surface area contributed by atoms with Crippen LogP contribution in [0.2, 0.25) is 5.02 Å². The van der Waals surface area contributed by atoms with Gasteiger partial charge in [-0.05, 0) is 57.0 Å². The number of hydrogen-bond acceptors (Lipinski definition) is 3. The van der Waals surface area contributed by atoms with Crippen LogP contribution in [0, 0.1) is 0 Å². The predicted molar refractivity (Wildman–Crippen MR) is 90.1 cm³/mol. The summed E-state index contributed by atoms with van der Waals surface area (Å²) < 4.78 is 0. The largest absolute Gasteiger partial charge is 0.369 e. The molecule has 2 saturated heterocycles. The van der Waals surface area contributed by atoms with E-state index in [-0.39, 0.29) is 6.04 Å². The Kier molecular flexibility index (Phi) is 4.72. The highest BCUT2D eigenvalue weighted by atomic mass is 35.5. The molecule has 2 atom stereocenters. The maximum atomic E-state index is 6.48. The van der Waals surface area contributed by atoms with Gasteiger partial charge in [0.1, 0.15) is 0 Å². The molecular formula is C17H26ClN3. The molecule has 2 fully saturated rings. The third-order valence-electron chi connectivity index (χ3n) is 4.91. The maximum absolute atomic E-state index is 6.48. The fraction of sp³-hybridized carbons (Fsp3) is 0.647. The van der Waals surface area contributed by atoms with Crippen LogP contribution in [-0.2, 0) is 0 Å². The number of anilines is 1. The van der Waals surface area contributed by atoms with Crippen LogP contribution in [0.25, 0.3) is 0 Å². The number of hydrogen-bond donors (Lipinski definition) is 1. The van der Waals surface area contributed by atoms with Gasteiger partial charge in [-0.3, -0.25) is 4.90 Å². The number of benzene rings is 1. The Bertz CT molecular complexity index is 483. The van der Waals surface area contributed by atoms with Crippen LogP contribution < -0.4 is 10.6 Å². The lowest BCUT2D eigenvalue weighted by molar-refractivity contribution is 0.175. The molecule has 116 valence electrons. The van der Waals surface area contributed by atoms with Gasteiger partial charge in [-0.1, -0.05) is 24.1 Å². The van der Waals surface area contributed by atoms with Gasteiger partial charge in [0.05, 0.1) is 10.7 Å². The van der Waals surface area contributed by atoms with Gasteiger partial charge in [0.2, 0.25) is 0 Å². The first kappa shape index (κ1) is 15.1. The molecule has 0 spiro atoms. The molecule has 0 aliphatic carbocycles. The quantitative estimate of drug-likeness (QED) is 0.928. The van der Waals surface area contributed by atoms with Gasteiger partial charge >= 0.3 is 0 Å². The number of nitrogens with zero attached hydrogens (tertiary/aromatic N) is 2. The molecule has 21 heavy (non-hydrogen) atoms. The molecule has 2 aliphatic rings. The highest BCUT2D eigenvalue weighted by Crippen LogP contribution is 2.32. The molecule has 0 bridgehead atoms. The van der Waals surface area contributed by atoms with Crippen LogP contribution in [-0.4, -0.2) is 37.1 Å². The van der Waals surface area contributed by atoms with Crippen molar-refractivity contribution in [1.29, 1.82) is 0 Å². The van der Waals surface area contributed by atoms with Gasteiger partial charge in [-0.2, -0.15) is 0 Å². The van der Waals surface area contributed by atoms with Crippen molar-refractivity contribution in [1.82, 2.24) is 4.90 Å². The third kappa shape index (κ3) is 3.36. The molecule has 0 saturated carbocycles. The summed E-state index contributed by atoms with van der Waals surface area (Å²) in [4.78, 5) is 5.11. The second-order valence-corrected chi connectivity index (χ2v) is 6.89. The molecule has 0 radical (unpaired) electrons. The topological polar surface area (TPSA) is 32.5 Å². The second kappa shape index (κ2) is 6.55. The summed E-state index contributed by atoms with van der Waals surface area (Å²) in [6, 6.07) is 7.01. The van der Waals surface area contributed by atoms with Crippen molar-refractivity contribution in [2.45, 2.75) is 44.7 Å². The second-order valence-electron chi connectivity index (χ2n) is 6.48. The van der Waals surface area contributed by atoms with Crippen LogP contribution in [0.1, 0.15) is 44.2 Å². The number of likely N-dealkylation sites (tertiary alicyclic amines) is 1. The fourth-order valence-electron chi connectivity index (χ4n) is 3.61. The van der Waals surface area contributed by atoms with Crippen LogP contribution in [0.15, 0.2) is 18.2 Å².